The summed E-state index contributed by atoms with van der Waals surface area (Å²) in [6.45, 7) is 3.06. The Morgan fingerprint density at radius 3 is 3.10 bits per heavy atom. The summed E-state index contributed by atoms with van der Waals surface area (Å²) in [6.07, 6.45) is 4.07. The molecular weight excluding hydrogens is 273 g/mol. The minimum atomic E-state index is -0.547. The summed E-state index contributed by atoms with van der Waals surface area (Å²) in [4.78, 5) is 19.3. The molecule has 1 aliphatic carbocycles. The van der Waals surface area contributed by atoms with E-state index < -0.39 is 6.67 Å². The van der Waals surface area contributed by atoms with E-state index in [0.29, 0.717) is 22.8 Å². The molecule has 1 aliphatic rings. The molecular formula is C15H16FN3O2. The molecule has 0 saturated heterocycles. The minimum Gasteiger partial charge on any atom is -0.473 e. The predicted molar refractivity (Wildman–Crippen MR) is 76.9 cm³/mol. The van der Waals surface area contributed by atoms with Crippen molar-refractivity contribution in [2.24, 2.45) is 0 Å². The van der Waals surface area contributed by atoms with Gasteiger partial charge in [-0.3, -0.25) is 9.18 Å². The molecule has 0 radical (unpaired) electrons. The van der Waals surface area contributed by atoms with E-state index >= 15 is 0 Å². The Labute approximate surface area is 121 Å². The van der Waals surface area contributed by atoms with Gasteiger partial charge in [0.1, 0.15) is 17.3 Å². The Balaban J connectivity index is 1.82. The SMILES string of the molecule is C=C(CCF)NC(=O)c1cc2ccnc(OC3CC3)c2[nH]1. The fourth-order valence-electron chi connectivity index (χ4n) is 1.99. The lowest BCUT2D eigenvalue weighted by Crippen LogP contribution is -2.22. The number of carbonyl (C=O) groups excluding carboxylic acids is 1. The molecule has 0 atom stereocenters. The van der Waals surface area contributed by atoms with Gasteiger partial charge < -0.3 is 15.0 Å². The number of H-pyrrole nitrogens is 1. The second kappa shape index (κ2) is 5.55. The molecule has 1 saturated carbocycles. The van der Waals surface area contributed by atoms with Gasteiger partial charge in [0.15, 0.2) is 0 Å². The van der Waals surface area contributed by atoms with Gasteiger partial charge in [0, 0.05) is 23.7 Å². The van der Waals surface area contributed by atoms with Crippen molar-refractivity contribution in [2.75, 3.05) is 6.67 Å². The number of carbonyl (C=O) groups is 1. The Morgan fingerprint density at radius 2 is 2.38 bits per heavy atom. The monoisotopic (exact) mass is 289 g/mol. The quantitative estimate of drug-likeness (QED) is 0.859. The zero-order valence-electron chi connectivity index (χ0n) is 11.5. The molecule has 0 aromatic carbocycles. The van der Waals surface area contributed by atoms with Crippen molar-refractivity contribution in [3.8, 4) is 5.88 Å². The second-order valence-electron chi connectivity index (χ2n) is 5.08. The maximum absolute atomic E-state index is 12.2. The molecule has 0 unspecified atom stereocenters. The topological polar surface area (TPSA) is 67.0 Å². The highest BCUT2D eigenvalue weighted by Crippen LogP contribution is 2.30. The Bertz CT molecular complexity index is 691. The lowest BCUT2D eigenvalue weighted by atomic mass is 10.3. The summed E-state index contributed by atoms with van der Waals surface area (Å²) < 4.78 is 17.9. The molecule has 0 bridgehead atoms. The van der Waals surface area contributed by atoms with Crippen LogP contribution in [-0.2, 0) is 0 Å². The Kier molecular flexibility index (Phi) is 3.60. The molecule has 2 aromatic heterocycles. The van der Waals surface area contributed by atoms with Crippen molar-refractivity contribution in [1.29, 1.82) is 0 Å². The zero-order valence-corrected chi connectivity index (χ0v) is 11.5. The minimum absolute atomic E-state index is 0.115. The lowest BCUT2D eigenvalue weighted by molar-refractivity contribution is 0.0960. The van der Waals surface area contributed by atoms with Crippen LogP contribution in [0.1, 0.15) is 29.8 Å². The first-order valence-electron chi connectivity index (χ1n) is 6.87. The van der Waals surface area contributed by atoms with E-state index in [9.17, 15) is 9.18 Å². The van der Waals surface area contributed by atoms with Gasteiger partial charge in [0.2, 0.25) is 5.88 Å². The molecule has 1 amide bonds. The van der Waals surface area contributed by atoms with Gasteiger partial charge in [-0.1, -0.05) is 6.58 Å². The van der Waals surface area contributed by atoms with Crippen LogP contribution in [0, 0.1) is 0 Å². The highest BCUT2D eigenvalue weighted by Gasteiger charge is 2.25. The van der Waals surface area contributed by atoms with Crippen molar-refractivity contribution in [3.63, 3.8) is 0 Å². The number of halogens is 1. The second-order valence-corrected chi connectivity index (χ2v) is 5.08. The number of allylic oxidation sites excluding steroid dienone is 1. The van der Waals surface area contributed by atoms with E-state index in [1.54, 1.807) is 18.3 Å². The van der Waals surface area contributed by atoms with E-state index in [1.165, 1.54) is 0 Å². The number of amides is 1. The molecule has 21 heavy (non-hydrogen) atoms. The average Bonchev–Trinajstić information content (AvgIpc) is 3.14. The van der Waals surface area contributed by atoms with E-state index in [4.69, 9.17) is 4.74 Å². The van der Waals surface area contributed by atoms with Gasteiger partial charge in [-0.25, -0.2) is 4.98 Å². The highest BCUT2D eigenvalue weighted by atomic mass is 19.1. The number of fused-ring (bicyclic) bond motifs is 1. The van der Waals surface area contributed by atoms with Crippen LogP contribution in [0.5, 0.6) is 5.88 Å². The summed E-state index contributed by atoms with van der Waals surface area (Å²) in [5.41, 5.74) is 1.43. The van der Waals surface area contributed by atoms with Crippen LogP contribution >= 0.6 is 0 Å². The maximum atomic E-state index is 12.2. The maximum Gasteiger partial charge on any atom is 0.271 e. The van der Waals surface area contributed by atoms with Crippen molar-refractivity contribution < 1.29 is 13.9 Å². The molecule has 0 spiro atoms. The van der Waals surface area contributed by atoms with Crippen LogP contribution in [0.3, 0.4) is 0 Å². The van der Waals surface area contributed by atoms with Crippen molar-refractivity contribution >= 4 is 16.8 Å². The predicted octanol–water partition coefficient (Wildman–Crippen LogP) is 2.71. The summed E-state index contributed by atoms with van der Waals surface area (Å²) >= 11 is 0. The van der Waals surface area contributed by atoms with Crippen molar-refractivity contribution in [1.82, 2.24) is 15.3 Å². The number of rotatable bonds is 6. The normalized spacial score (nSPS) is 14.1. The average molecular weight is 289 g/mol. The number of hydrogen-bond donors (Lipinski definition) is 2. The van der Waals surface area contributed by atoms with Gasteiger partial charge in [-0.15, -0.1) is 0 Å². The van der Waals surface area contributed by atoms with Crippen molar-refractivity contribution in [3.05, 3.63) is 36.3 Å². The molecule has 2 aromatic rings. The molecule has 3 rings (SSSR count). The molecule has 0 aliphatic heterocycles. The van der Waals surface area contributed by atoms with Crippen LogP contribution < -0.4 is 10.1 Å². The van der Waals surface area contributed by atoms with E-state index in [-0.39, 0.29) is 18.4 Å². The molecule has 110 valence electrons. The van der Waals surface area contributed by atoms with Gasteiger partial charge >= 0.3 is 0 Å². The number of ether oxygens (including phenoxy) is 1. The van der Waals surface area contributed by atoms with E-state index in [1.807, 2.05) is 0 Å². The number of nitrogens with one attached hydrogen (secondary N) is 2. The van der Waals surface area contributed by atoms with E-state index in [2.05, 4.69) is 21.9 Å². The first-order chi connectivity index (χ1) is 10.2. The Morgan fingerprint density at radius 1 is 1.57 bits per heavy atom. The fraction of sp³-hybridized carbons (Fsp3) is 0.333. The summed E-state index contributed by atoms with van der Waals surface area (Å²) in [5, 5.41) is 3.41. The molecule has 1 fully saturated rings. The highest BCUT2D eigenvalue weighted by molar-refractivity contribution is 5.99. The third-order valence-corrected chi connectivity index (χ3v) is 3.24. The van der Waals surface area contributed by atoms with Crippen LogP contribution in [-0.4, -0.2) is 28.7 Å². The summed E-state index contributed by atoms with van der Waals surface area (Å²) in [6, 6.07) is 3.52. The largest absolute Gasteiger partial charge is 0.473 e. The summed E-state index contributed by atoms with van der Waals surface area (Å²) in [7, 11) is 0. The van der Waals surface area contributed by atoms with Crippen LogP contribution in [0.2, 0.25) is 0 Å². The fourth-order valence-corrected chi connectivity index (χ4v) is 1.99. The van der Waals surface area contributed by atoms with Gasteiger partial charge in [0.25, 0.3) is 5.91 Å². The smallest absolute Gasteiger partial charge is 0.271 e. The third kappa shape index (κ3) is 3.04. The number of nitrogens with zero attached hydrogens (tertiary/aromatic N) is 1. The molecule has 2 N–H and O–H groups in total. The first-order valence-corrected chi connectivity index (χ1v) is 6.87. The van der Waals surface area contributed by atoms with Crippen LogP contribution in [0.25, 0.3) is 10.9 Å². The van der Waals surface area contributed by atoms with Gasteiger partial charge in [-0.2, -0.15) is 0 Å². The molecule has 5 nitrogen and oxygen atoms in total. The van der Waals surface area contributed by atoms with Crippen LogP contribution in [0.4, 0.5) is 4.39 Å². The number of alkyl halides is 1. The lowest BCUT2D eigenvalue weighted by Gasteiger charge is -2.05. The molecule has 6 heteroatoms. The van der Waals surface area contributed by atoms with Gasteiger partial charge in [0.05, 0.1) is 6.67 Å². The number of pyridine rings is 1. The van der Waals surface area contributed by atoms with Crippen LogP contribution in [0.15, 0.2) is 30.6 Å². The standard InChI is InChI=1S/C15H16FN3O2/c1-9(4-6-16)18-14(20)12-8-10-5-7-17-15(13(10)19-12)21-11-2-3-11/h5,7-8,11,19H,1-4,6H2,(H,18,20). The Hall–Kier alpha value is -2.37. The number of aromatic nitrogens is 2. The zero-order chi connectivity index (χ0) is 14.8. The molecule has 2 heterocycles. The summed E-state index contributed by atoms with van der Waals surface area (Å²) in [5.74, 6) is 0.165. The number of aromatic amines is 1. The third-order valence-electron chi connectivity index (χ3n) is 3.24. The van der Waals surface area contributed by atoms with Gasteiger partial charge in [-0.05, 0) is 25.0 Å². The van der Waals surface area contributed by atoms with E-state index in [0.717, 1.165) is 18.2 Å². The van der Waals surface area contributed by atoms with Crippen molar-refractivity contribution in [2.45, 2.75) is 25.4 Å². The first kappa shape index (κ1) is 13.6. The number of hydrogen-bond acceptors (Lipinski definition) is 3.